The van der Waals surface area contributed by atoms with Crippen LogP contribution in [0.3, 0.4) is 0 Å². The van der Waals surface area contributed by atoms with Gasteiger partial charge in [0.05, 0.1) is 0 Å². The molecule has 0 spiro atoms. The Morgan fingerprint density at radius 2 is 1.90 bits per heavy atom. The van der Waals surface area contributed by atoms with Crippen LogP contribution in [0.4, 0.5) is 0 Å². The minimum Gasteiger partial charge on any atom is -0.486 e. The molecule has 1 atom stereocenters. The van der Waals surface area contributed by atoms with Crippen molar-refractivity contribution < 1.29 is 9.53 Å². The van der Waals surface area contributed by atoms with E-state index in [1.165, 1.54) is 10.9 Å². The summed E-state index contributed by atoms with van der Waals surface area (Å²) in [5, 5.41) is 15.3. The zero-order valence-electron chi connectivity index (χ0n) is 16.6. The molecular formula is C24H21N3O2S. The Morgan fingerprint density at radius 1 is 1.07 bits per heavy atom. The quantitative estimate of drug-likeness (QED) is 0.506. The lowest BCUT2D eigenvalue weighted by Gasteiger charge is -2.15. The largest absolute Gasteiger partial charge is 0.486 e. The Morgan fingerprint density at radius 3 is 2.63 bits per heavy atom. The molecule has 4 aromatic rings. The van der Waals surface area contributed by atoms with Gasteiger partial charge in [-0.25, -0.2) is 0 Å². The van der Waals surface area contributed by atoms with Gasteiger partial charge in [-0.2, -0.15) is 0 Å². The Bertz CT molecular complexity index is 1220. The molecule has 150 valence electrons. The van der Waals surface area contributed by atoms with Crippen molar-refractivity contribution in [1.82, 2.24) is 15.5 Å². The van der Waals surface area contributed by atoms with Crippen LogP contribution in [0.5, 0.6) is 5.75 Å². The molecule has 1 fully saturated rings. The predicted molar refractivity (Wildman–Crippen MR) is 119 cm³/mol. The fourth-order valence-electron chi connectivity index (χ4n) is 3.97. The van der Waals surface area contributed by atoms with Gasteiger partial charge in [-0.3, -0.25) is 4.79 Å². The molecule has 0 radical (unpaired) electrons. The van der Waals surface area contributed by atoms with E-state index in [1.54, 1.807) is 11.3 Å². The maximum absolute atomic E-state index is 11.6. The Labute approximate surface area is 178 Å². The number of aromatic nitrogens is 2. The average molecular weight is 416 g/mol. The standard InChI is InChI=1S/C24H21N3O2S/c1-15-26-27-23(30-15)14-29-21-11-10-17-4-2-3-5-20(17)24(21)18-8-6-16(7-9-18)19-12-22(28)25-13-19/h2-11,19H,12-14H2,1H3,(H,25,28). The van der Waals surface area contributed by atoms with Gasteiger partial charge in [-0.1, -0.05) is 65.9 Å². The molecule has 1 aromatic heterocycles. The Hall–Kier alpha value is -3.25. The molecule has 3 aromatic carbocycles. The third-order valence-electron chi connectivity index (χ3n) is 5.46. The summed E-state index contributed by atoms with van der Waals surface area (Å²) in [6.07, 6.45) is 0.559. The number of fused-ring (bicyclic) bond motifs is 1. The van der Waals surface area contributed by atoms with Gasteiger partial charge in [0, 0.05) is 24.4 Å². The van der Waals surface area contributed by atoms with Crippen LogP contribution in [0.2, 0.25) is 0 Å². The summed E-state index contributed by atoms with van der Waals surface area (Å²) in [4.78, 5) is 11.6. The molecule has 0 aliphatic carbocycles. The summed E-state index contributed by atoms with van der Waals surface area (Å²) in [7, 11) is 0. The van der Waals surface area contributed by atoms with Crippen LogP contribution in [0.25, 0.3) is 21.9 Å². The molecule has 1 N–H and O–H groups in total. The molecule has 1 aliphatic heterocycles. The highest BCUT2D eigenvalue weighted by atomic mass is 32.1. The van der Waals surface area contributed by atoms with E-state index in [0.717, 1.165) is 32.3 Å². The highest BCUT2D eigenvalue weighted by molar-refractivity contribution is 7.11. The number of hydrogen-bond acceptors (Lipinski definition) is 5. The molecule has 5 rings (SSSR count). The predicted octanol–water partition coefficient (Wildman–Crippen LogP) is 4.85. The summed E-state index contributed by atoms with van der Waals surface area (Å²) < 4.78 is 6.20. The van der Waals surface area contributed by atoms with Gasteiger partial charge in [0.25, 0.3) is 0 Å². The van der Waals surface area contributed by atoms with E-state index in [1.807, 2.05) is 25.1 Å². The van der Waals surface area contributed by atoms with Crippen LogP contribution in [-0.4, -0.2) is 22.6 Å². The topological polar surface area (TPSA) is 64.1 Å². The van der Waals surface area contributed by atoms with E-state index in [4.69, 9.17) is 4.74 Å². The second-order valence-corrected chi connectivity index (χ2v) is 8.76. The number of rotatable bonds is 5. The minimum atomic E-state index is 0.126. The Kier molecular flexibility index (Phi) is 4.93. The molecule has 30 heavy (non-hydrogen) atoms. The van der Waals surface area contributed by atoms with Crippen LogP contribution in [0, 0.1) is 6.92 Å². The van der Waals surface area contributed by atoms with Gasteiger partial charge in [0.2, 0.25) is 5.91 Å². The number of nitrogens with one attached hydrogen (secondary N) is 1. The van der Waals surface area contributed by atoms with Gasteiger partial charge in [0.1, 0.15) is 17.4 Å². The van der Waals surface area contributed by atoms with Gasteiger partial charge >= 0.3 is 0 Å². The lowest BCUT2D eigenvalue weighted by molar-refractivity contribution is -0.119. The maximum Gasteiger partial charge on any atom is 0.220 e. The highest BCUT2D eigenvalue weighted by Gasteiger charge is 2.23. The van der Waals surface area contributed by atoms with E-state index >= 15 is 0 Å². The van der Waals surface area contributed by atoms with Crippen molar-refractivity contribution in [2.24, 2.45) is 0 Å². The van der Waals surface area contributed by atoms with Crippen molar-refractivity contribution >= 4 is 28.0 Å². The first-order chi connectivity index (χ1) is 14.7. The zero-order valence-corrected chi connectivity index (χ0v) is 17.4. The second kappa shape index (κ2) is 7.88. The van der Waals surface area contributed by atoms with Crippen LogP contribution in [-0.2, 0) is 11.4 Å². The molecule has 2 heterocycles. The third-order valence-corrected chi connectivity index (χ3v) is 6.27. The van der Waals surface area contributed by atoms with Crippen molar-refractivity contribution in [2.45, 2.75) is 25.9 Å². The summed E-state index contributed by atoms with van der Waals surface area (Å²) in [5.41, 5.74) is 3.35. The summed E-state index contributed by atoms with van der Waals surface area (Å²) in [6, 6.07) is 20.9. The number of carbonyl (C=O) groups excluding carboxylic acids is 1. The highest BCUT2D eigenvalue weighted by Crippen LogP contribution is 2.38. The normalized spacial score (nSPS) is 16.0. The fraction of sp³-hybridized carbons (Fsp3) is 0.208. The molecule has 0 bridgehead atoms. The first-order valence-electron chi connectivity index (χ1n) is 9.98. The number of ether oxygens (including phenoxy) is 1. The van der Waals surface area contributed by atoms with E-state index in [2.05, 4.69) is 58.0 Å². The van der Waals surface area contributed by atoms with Gasteiger partial charge in [-0.15, -0.1) is 10.2 Å². The number of benzene rings is 3. The van der Waals surface area contributed by atoms with Crippen molar-refractivity contribution in [2.75, 3.05) is 6.54 Å². The number of amides is 1. The fourth-order valence-corrected chi connectivity index (χ4v) is 4.59. The monoisotopic (exact) mass is 415 g/mol. The number of carbonyl (C=O) groups is 1. The van der Waals surface area contributed by atoms with Crippen LogP contribution >= 0.6 is 11.3 Å². The molecule has 1 aliphatic rings. The van der Waals surface area contributed by atoms with Gasteiger partial charge < -0.3 is 10.1 Å². The average Bonchev–Trinajstić information content (AvgIpc) is 3.40. The minimum absolute atomic E-state index is 0.126. The van der Waals surface area contributed by atoms with E-state index in [9.17, 15) is 4.79 Å². The molecule has 1 unspecified atom stereocenters. The van der Waals surface area contributed by atoms with Gasteiger partial charge in [-0.05, 0) is 34.9 Å². The molecule has 0 saturated carbocycles. The van der Waals surface area contributed by atoms with Crippen molar-refractivity contribution in [3.63, 3.8) is 0 Å². The smallest absolute Gasteiger partial charge is 0.220 e. The van der Waals surface area contributed by atoms with Crippen LogP contribution in [0.15, 0.2) is 60.7 Å². The first-order valence-corrected chi connectivity index (χ1v) is 10.8. The van der Waals surface area contributed by atoms with Crippen molar-refractivity contribution in [3.05, 3.63) is 76.2 Å². The summed E-state index contributed by atoms with van der Waals surface area (Å²) in [5.74, 6) is 1.20. The summed E-state index contributed by atoms with van der Waals surface area (Å²) >= 11 is 1.55. The summed E-state index contributed by atoms with van der Waals surface area (Å²) in [6.45, 7) is 3.05. The molecule has 6 heteroatoms. The number of aryl methyl sites for hydroxylation is 1. The second-order valence-electron chi connectivity index (χ2n) is 7.49. The van der Waals surface area contributed by atoms with Crippen LogP contribution < -0.4 is 10.1 Å². The van der Waals surface area contributed by atoms with Crippen molar-refractivity contribution in [3.8, 4) is 16.9 Å². The van der Waals surface area contributed by atoms with E-state index in [-0.39, 0.29) is 11.8 Å². The van der Waals surface area contributed by atoms with Crippen LogP contribution in [0.1, 0.15) is 27.9 Å². The Balaban J connectivity index is 1.51. The lowest BCUT2D eigenvalue weighted by Crippen LogP contribution is -2.13. The molecular weight excluding hydrogens is 394 g/mol. The SMILES string of the molecule is Cc1nnc(COc2ccc3ccccc3c2-c2ccc(C3CNC(=O)C3)cc2)s1. The van der Waals surface area contributed by atoms with Gasteiger partial charge in [0.15, 0.2) is 5.01 Å². The number of nitrogens with zero attached hydrogens (tertiary/aromatic N) is 2. The maximum atomic E-state index is 11.6. The van der Waals surface area contributed by atoms with Crippen molar-refractivity contribution in [1.29, 1.82) is 0 Å². The first kappa shape index (κ1) is 18.8. The molecule has 5 nitrogen and oxygen atoms in total. The zero-order chi connectivity index (χ0) is 20.5. The molecule has 1 saturated heterocycles. The number of hydrogen-bond donors (Lipinski definition) is 1. The van der Waals surface area contributed by atoms with E-state index in [0.29, 0.717) is 19.6 Å². The molecule has 1 amide bonds. The lowest BCUT2D eigenvalue weighted by atomic mass is 9.93. The third kappa shape index (κ3) is 3.66. The van der Waals surface area contributed by atoms with E-state index < -0.39 is 0 Å².